The number of aliphatic hydroxyl groups excluding tert-OH is 2. The van der Waals surface area contributed by atoms with E-state index in [0.29, 0.717) is 6.42 Å². The van der Waals surface area contributed by atoms with Gasteiger partial charge in [-0.3, -0.25) is 0 Å². The molecule has 1 aliphatic heterocycles. The molecule has 0 radical (unpaired) electrons. The zero-order chi connectivity index (χ0) is 19.3. The molecule has 1 fully saturated rings. The van der Waals surface area contributed by atoms with Crippen LogP contribution in [-0.4, -0.2) is 47.6 Å². The highest BCUT2D eigenvalue weighted by molar-refractivity contribution is 5.92. The van der Waals surface area contributed by atoms with E-state index in [1.165, 1.54) is 6.08 Å². The molecule has 26 heavy (non-hydrogen) atoms. The first-order valence-corrected chi connectivity index (χ1v) is 8.71. The second-order valence-electron chi connectivity index (χ2n) is 6.74. The zero-order valence-corrected chi connectivity index (χ0v) is 15.2. The molecule has 1 heterocycles. The van der Waals surface area contributed by atoms with Gasteiger partial charge >= 0.3 is 11.9 Å². The molecule has 0 aromatic heterocycles. The fraction of sp³-hybridized carbons (Fsp3) is 0.500. The van der Waals surface area contributed by atoms with Crippen LogP contribution >= 0.6 is 0 Å². The molecule has 0 amide bonds. The maximum atomic E-state index is 12.4. The molecule has 1 aliphatic carbocycles. The normalized spacial score (nSPS) is 31.2. The van der Waals surface area contributed by atoms with E-state index in [-0.39, 0.29) is 17.8 Å². The van der Waals surface area contributed by atoms with Gasteiger partial charge < -0.3 is 19.7 Å². The van der Waals surface area contributed by atoms with Crippen LogP contribution in [0.3, 0.4) is 0 Å². The molecule has 3 atom stereocenters. The minimum atomic E-state index is -0.719. The Morgan fingerprint density at radius 2 is 2.12 bits per heavy atom. The summed E-state index contributed by atoms with van der Waals surface area (Å²) >= 11 is 0. The summed E-state index contributed by atoms with van der Waals surface area (Å²) in [7, 11) is 0. The van der Waals surface area contributed by atoms with Gasteiger partial charge in [0.15, 0.2) is 0 Å². The highest BCUT2D eigenvalue weighted by atomic mass is 16.6. The molecule has 2 N–H and O–H groups in total. The third kappa shape index (κ3) is 4.71. The SMILES string of the molecule is C=C1C(=O)O[C@@H]2/C=C(\C)CC/C=C(\C)C[C@@H](OC(=O)C(=CCO)CO)[C@@H]12. The first-order valence-electron chi connectivity index (χ1n) is 8.71. The van der Waals surface area contributed by atoms with Gasteiger partial charge in [0.25, 0.3) is 0 Å². The molecule has 142 valence electrons. The lowest BCUT2D eigenvalue weighted by Gasteiger charge is -2.27. The number of ether oxygens (including phenoxy) is 2. The lowest BCUT2D eigenvalue weighted by Crippen LogP contribution is -2.34. The summed E-state index contributed by atoms with van der Waals surface area (Å²) in [6, 6.07) is 0. The Morgan fingerprint density at radius 1 is 1.38 bits per heavy atom. The summed E-state index contributed by atoms with van der Waals surface area (Å²) in [5.41, 5.74) is 2.39. The second kappa shape index (κ2) is 8.96. The Morgan fingerprint density at radius 3 is 2.77 bits per heavy atom. The van der Waals surface area contributed by atoms with E-state index >= 15 is 0 Å². The molecule has 6 nitrogen and oxygen atoms in total. The summed E-state index contributed by atoms with van der Waals surface area (Å²) in [6.45, 7) is 6.85. The van der Waals surface area contributed by atoms with Gasteiger partial charge in [-0.05, 0) is 38.8 Å². The van der Waals surface area contributed by atoms with Crippen LogP contribution in [0.25, 0.3) is 0 Å². The van der Waals surface area contributed by atoms with Crippen molar-refractivity contribution in [2.45, 2.75) is 45.3 Å². The summed E-state index contributed by atoms with van der Waals surface area (Å²) < 4.78 is 11.1. The maximum Gasteiger partial charge on any atom is 0.336 e. The molecule has 2 aliphatic rings. The van der Waals surface area contributed by atoms with Crippen LogP contribution in [0.5, 0.6) is 0 Å². The van der Waals surface area contributed by atoms with Crippen molar-refractivity contribution < 1.29 is 29.3 Å². The monoisotopic (exact) mass is 362 g/mol. The van der Waals surface area contributed by atoms with Gasteiger partial charge in [-0.2, -0.15) is 0 Å². The summed E-state index contributed by atoms with van der Waals surface area (Å²) in [5, 5.41) is 18.3. The minimum Gasteiger partial charge on any atom is -0.458 e. The molecule has 1 saturated heterocycles. The van der Waals surface area contributed by atoms with Crippen LogP contribution in [0.2, 0.25) is 0 Å². The Balaban J connectivity index is 2.36. The van der Waals surface area contributed by atoms with E-state index in [9.17, 15) is 14.7 Å². The van der Waals surface area contributed by atoms with Crippen LogP contribution in [0.4, 0.5) is 0 Å². The van der Waals surface area contributed by atoms with Crippen LogP contribution in [0.15, 0.2) is 47.1 Å². The number of hydrogen-bond acceptors (Lipinski definition) is 6. The number of allylic oxidation sites excluding steroid dienone is 2. The third-order valence-corrected chi connectivity index (χ3v) is 4.69. The minimum absolute atomic E-state index is 0.0228. The molecule has 0 spiro atoms. The van der Waals surface area contributed by atoms with Crippen LogP contribution < -0.4 is 0 Å². The molecule has 0 bridgehead atoms. The molecular weight excluding hydrogens is 336 g/mol. The number of fused-ring (bicyclic) bond motifs is 1. The average molecular weight is 362 g/mol. The van der Waals surface area contributed by atoms with E-state index in [2.05, 4.69) is 12.7 Å². The smallest absolute Gasteiger partial charge is 0.336 e. The Kier molecular flexibility index (Phi) is 6.94. The number of aliphatic hydroxyl groups is 2. The van der Waals surface area contributed by atoms with Crippen molar-refractivity contribution >= 4 is 11.9 Å². The number of rotatable bonds is 4. The van der Waals surface area contributed by atoms with E-state index in [1.807, 2.05) is 19.9 Å². The van der Waals surface area contributed by atoms with Gasteiger partial charge in [-0.25, -0.2) is 9.59 Å². The first kappa shape index (κ1) is 20.1. The van der Waals surface area contributed by atoms with Crippen molar-refractivity contribution in [2.75, 3.05) is 13.2 Å². The van der Waals surface area contributed by atoms with E-state index in [1.54, 1.807) is 0 Å². The van der Waals surface area contributed by atoms with Crippen molar-refractivity contribution in [1.82, 2.24) is 0 Å². The van der Waals surface area contributed by atoms with Gasteiger partial charge in [-0.1, -0.05) is 23.8 Å². The van der Waals surface area contributed by atoms with Crippen molar-refractivity contribution in [3.05, 3.63) is 47.1 Å². The van der Waals surface area contributed by atoms with Gasteiger partial charge in [0.1, 0.15) is 12.2 Å². The molecule has 0 aromatic carbocycles. The zero-order valence-electron chi connectivity index (χ0n) is 15.2. The van der Waals surface area contributed by atoms with Crippen molar-refractivity contribution in [2.24, 2.45) is 5.92 Å². The standard InChI is InChI=1S/C20H26O6/c1-12-5-4-6-13(2)10-17(26-20(24)15(11-22)7-8-21)18-14(3)19(23)25-16(18)9-12/h6-7,9,16-18,21-22H,3-5,8,10-11H2,1-2H3/b12-9+,13-6+,15-7?/t16-,17-,18+/m1/s1. The molecule has 6 heteroatoms. The average Bonchev–Trinajstić information content (AvgIpc) is 2.85. The Hall–Kier alpha value is -2.18. The highest BCUT2D eigenvalue weighted by Gasteiger charge is 2.44. The molecule has 0 saturated carbocycles. The van der Waals surface area contributed by atoms with Crippen LogP contribution in [0, 0.1) is 5.92 Å². The maximum absolute atomic E-state index is 12.4. The fourth-order valence-corrected chi connectivity index (χ4v) is 3.27. The van der Waals surface area contributed by atoms with E-state index in [4.69, 9.17) is 14.6 Å². The lowest BCUT2D eigenvalue weighted by molar-refractivity contribution is -0.147. The molecule has 2 rings (SSSR count). The van der Waals surface area contributed by atoms with Crippen molar-refractivity contribution in [3.8, 4) is 0 Å². The Bertz CT molecular complexity index is 670. The quantitative estimate of drug-likeness (QED) is 0.451. The predicted octanol–water partition coefficient (Wildman–Crippen LogP) is 1.98. The van der Waals surface area contributed by atoms with E-state index in [0.717, 1.165) is 24.0 Å². The summed E-state index contributed by atoms with van der Waals surface area (Å²) in [6.07, 6.45) is 6.17. The Labute approximate surface area is 153 Å². The second-order valence-corrected chi connectivity index (χ2v) is 6.74. The fourth-order valence-electron chi connectivity index (χ4n) is 3.27. The molecular formula is C20H26O6. The summed E-state index contributed by atoms with van der Waals surface area (Å²) in [4.78, 5) is 24.4. The van der Waals surface area contributed by atoms with Gasteiger partial charge in [-0.15, -0.1) is 0 Å². The highest BCUT2D eigenvalue weighted by Crippen LogP contribution is 2.36. The van der Waals surface area contributed by atoms with Crippen molar-refractivity contribution in [1.29, 1.82) is 0 Å². The van der Waals surface area contributed by atoms with Gasteiger partial charge in [0.05, 0.1) is 24.7 Å². The first-order chi connectivity index (χ1) is 12.4. The molecule has 0 aromatic rings. The van der Waals surface area contributed by atoms with Gasteiger partial charge in [0.2, 0.25) is 0 Å². The largest absolute Gasteiger partial charge is 0.458 e. The predicted molar refractivity (Wildman–Crippen MR) is 96.0 cm³/mol. The van der Waals surface area contributed by atoms with Crippen LogP contribution in [-0.2, 0) is 19.1 Å². The number of carbonyl (C=O) groups is 2. The van der Waals surface area contributed by atoms with Gasteiger partial charge in [0, 0.05) is 12.0 Å². The third-order valence-electron chi connectivity index (χ3n) is 4.69. The van der Waals surface area contributed by atoms with Crippen LogP contribution in [0.1, 0.15) is 33.1 Å². The van der Waals surface area contributed by atoms with Crippen molar-refractivity contribution in [3.63, 3.8) is 0 Å². The lowest BCUT2D eigenvalue weighted by atomic mass is 9.85. The number of carbonyl (C=O) groups excluding carboxylic acids is 2. The number of esters is 2. The van der Waals surface area contributed by atoms with E-state index < -0.39 is 36.7 Å². The summed E-state index contributed by atoms with van der Waals surface area (Å²) in [5.74, 6) is -1.70. The molecule has 0 unspecified atom stereocenters. The number of hydrogen-bond donors (Lipinski definition) is 2. The topological polar surface area (TPSA) is 93.1 Å².